The molecule has 2 heterocycles. The van der Waals surface area contributed by atoms with Crippen molar-refractivity contribution < 1.29 is 42.7 Å². The van der Waals surface area contributed by atoms with E-state index in [1.165, 1.54) is 83.5 Å². The first kappa shape index (κ1) is 52.4. The van der Waals surface area contributed by atoms with E-state index in [2.05, 4.69) is 43.2 Å². The maximum Gasteiger partial charge on any atom is 0.223 e. The lowest BCUT2D eigenvalue weighted by molar-refractivity contribution is -0.125. The van der Waals surface area contributed by atoms with Crippen molar-refractivity contribution in [3.8, 4) is 0 Å². The maximum atomic E-state index is 12.5. The summed E-state index contributed by atoms with van der Waals surface area (Å²) in [5.41, 5.74) is 2.26. The molecule has 64 heavy (non-hydrogen) atoms. The zero-order chi connectivity index (χ0) is 44.4. The Labute approximate surface area is 383 Å². The number of carbonyl (C=O) groups excluding carboxylic acids is 1. The van der Waals surface area contributed by atoms with Crippen LogP contribution in [0.3, 0.4) is 0 Å². The monoisotopic (exact) mass is 905 g/mol. The highest BCUT2D eigenvalue weighted by molar-refractivity contribution is 5.78. The van der Waals surface area contributed by atoms with Gasteiger partial charge in [0, 0.05) is 56.3 Å². The minimum atomic E-state index is 0.162. The third-order valence-corrected chi connectivity index (χ3v) is 12.6. The van der Waals surface area contributed by atoms with Crippen molar-refractivity contribution >= 4 is 5.91 Å². The van der Waals surface area contributed by atoms with Gasteiger partial charge in [-0.15, -0.1) is 10.2 Å². The molecule has 17 nitrogen and oxygen atoms in total. The second kappa shape index (κ2) is 34.7. The molecule has 0 atom stereocenters. The molecule has 17 heteroatoms. The molecule has 1 N–H and O–H groups in total. The van der Waals surface area contributed by atoms with E-state index in [1.807, 2.05) is 9.36 Å². The number of hydrogen-bond acceptors (Lipinski definition) is 14. The van der Waals surface area contributed by atoms with Gasteiger partial charge in [0.15, 0.2) is 0 Å². The normalized spacial score (nSPS) is 17.3. The molecule has 0 bridgehead atoms. The lowest BCUT2D eigenvalue weighted by Gasteiger charge is -2.22. The third-order valence-electron chi connectivity index (χ3n) is 12.6. The summed E-state index contributed by atoms with van der Waals surface area (Å²) in [6.45, 7) is 12.8. The summed E-state index contributed by atoms with van der Waals surface area (Å²) in [6.07, 6.45) is 25.1. The van der Waals surface area contributed by atoms with E-state index in [0.29, 0.717) is 137 Å². The Morgan fingerprint density at radius 1 is 0.469 bits per heavy atom. The van der Waals surface area contributed by atoms with Crippen molar-refractivity contribution in [3.63, 3.8) is 0 Å². The van der Waals surface area contributed by atoms with Crippen molar-refractivity contribution in [1.29, 1.82) is 0 Å². The summed E-state index contributed by atoms with van der Waals surface area (Å²) in [5, 5.41) is 20.5. The molecule has 2 aromatic rings. The van der Waals surface area contributed by atoms with Gasteiger partial charge in [0.1, 0.15) is 0 Å². The summed E-state index contributed by atoms with van der Waals surface area (Å²) in [5.74, 6) is 1.46. The van der Waals surface area contributed by atoms with Crippen molar-refractivity contribution in [2.45, 2.75) is 134 Å². The third kappa shape index (κ3) is 23.2. The molecule has 3 aliphatic rings. The summed E-state index contributed by atoms with van der Waals surface area (Å²) < 4.78 is 50.2. The largest absolute Gasteiger partial charge is 0.378 e. The zero-order valence-corrected chi connectivity index (χ0v) is 39.3. The Morgan fingerprint density at radius 3 is 1.23 bits per heavy atom. The number of nitrogens with one attached hydrogen (secondary N) is 1. The summed E-state index contributed by atoms with van der Waals surface area (Å²) in [7, 11) is 0. The topological polar surface area (TPSA) is 168 Å². The van der Waals surface area contributed by atoms with Crippen LogP contribution in [0.15, 0.2) is 12.4 Å². The molecule has 0 spiro atoms. The SMILES string of the molecule is O=C(NCCOCCOCCN(CCOCCOCCOCCn1cc(C2CCCCCC2)nn1)CCOCCOCCOCCn1cc(C2CCCCC2)nn1)C1CCCCCC1. The van der Waals surface area contributed by atoms with Crippen LogP contribution in [0.25, 0.3) is 0 Å². The fraction of sp³-hybridized carbons (Fsp3) is 0.894. The molecule has 0 aliphatic heterocycles. The van der Waals surface area contributed by atoms with Crippen LogP contribution in [0.1, 0.15) is 132 Å². The summed E-state index contributed by atoms with van der Waals surface area (Å²) >= 11 is 0. The van der Waals surface area contributed by atoms with Gasteiger partial charge in [0.2, 0.25) is 5.91 Å². The van der Waals surface area contributed by atoms with E-state index < -0.39 is 0 Å². The van der Waals surface area contributed by atoms with Gasteiger partial charge < -0.3 is 43.2 Å². The van der Waals surface area contributed by atoms with Crippen LogP contribution < -0.4 is 5.32 Å². The van der Waals surface area contributed by atoms with E-state index in [1.54, 1.807) is 0 Å². The number of amides is 1. The predicted molar refractivity (Wildman–Crippen MR) is 244 cm³/mol. The molecule has 0 saturated heterocycles. The van der Waals surface area contributed by atoms with Gasteiger partial charge in [-0.3, -0.25) is 9.69 Å². The van der Waals surface area contributed by atoms with Gasteiger partial charge >= 0.3 is 0 Å². The molecule has 0 unspecified atom stereocenters. The van der Waals surface area contributed by atoms with Crippen LogP contribution in [0.5, 0.6) is 0 Å². The first-order valence-electron chi connectivity index (χ1n) is 25.2. The van der Waals surface area contributed by atoms with Gasteiger partial charge in [-0.25, -0.2) is 9.36 Å². The number of ether oxygens (including phenoxy) is 8. The molecule has 3 aliphatic carbocycles. The van der Waals surface area contributed by atoms with Crippen LogP contribution in [-0.2, 0) is 55.8 Å². The number of hydrogen-bond donors (Lipinski definition) is 1. The average molecular weight is 905 g/mol. The minimum absolute atomic E-state index is 0.162. The van der Waals surface area contributed by atoms with Crippen molar-refractivity contribution in [2.75, 3.05) is 132 Å². The molecule has 3 saturated carbocycles. The Balaban J connectivity index is 0.851. The van der Waals surface area contributed by atoms with Crippen LogP contribution in [0.2, 0.25) is 0 Å². The minimum Gasteiger partial charge on any atom is -0.378 e. The molecule has 0 aromatic carbocycles. The average Bonchev–Trinajstić information content (AvgIpc) is 3.80. The second-order valence-electron chi connectivity index (χ2n) is 17.6. The predicted octanol–water partition coefficient (Wildman–Crippen LogP) is 5.58. The Bertz CT molecular complexity index is 1410. The molecule has 0 radical (unpaired) electrons. The van der Waals surface area contributed by atoms with E-state index in [0.717, 1.165) is 56.7 Å². The highest BCUT2D eigenvalue weighted by atomic mass is 16.6. The Hall–Kier alpha value is -2.61. The fourth-order valence-corrected chi connectivity index (χ4v) is 8.76. The van der Waals surface area contributed by atoms with E-state index >= 15 is 0 Å². The van der Waals surface area contributed by atoms with Crippen molar-refractivity contribution in [3.05, 3.63) is 23.8 Å². The molecule has 366 valence electrons. The molecule has 1 amide bonds. The van der Waals surface area contributed by atoms with Crippen LogP contribution >= 0.6 is 0 Å². The second-order valence-corrected chi connectivity index (χ2v) is 17.6. The number of rotatable bonds is 36. The smallest absolute Gasteiger partial charge is 0.223 e. The summed E-state index contributed by atoms with van der Waals surface area (Å²) in [4.78, 5) is 14.8. The molecular weight excluding hydrogens is 821 g/mol. The Kier molecular flexibility index (Phi) is 28.4. The first-order valence-corrected chi connectivity index (χ1v) is 25.2. The highest BCUT2D eigenvalue weighted by Crippen LogP contribution is 2.31. The van der Waals surface area contributed by atoms with Gasteiger partial charge in [0.05, 0.1) is 130 Å². The lowest BCUT2D eigenvalue weighted by atomic mass is 9.87. The summed E-state index contributed by atoms with van der Waals surface area (Å²) in [6, 6.07) is 0. The molecular formula is C47H84N8O9. The van der Waals surface area contributed by atoms with Gasteiger partial charge in [-0.1, -0.05) is 81.1 Å². The van der Waals surface area contributed by atoms with E-state index in [4.69, 9.17) is 37.9 Å². The number of nitrogens with zero attached hydrogens (tertiary/aromatic N) is 7. The highest BCUT2D eigenvalue weighted by Gasteiger charge is 2.21. The number of carbonyl (C=O) groups is 1. The molecule has 3 fully saturated rings. The first-order chi connectivity index (χ1) is 31.7. The Morgan fingerprint density at radius 2 is 0.812 bits per heavy atom. The van der Waals surface area contributed by atoms with Crippen molar-refractivity contribution in [1.82, 2.24) is 40.2 Å². The number of aromatic nitrogens is 6. The zero-order valence-electron chi connectivity index (χ0n) is 39.3. The van der Waals surface area contributed by atoms with E-state index in [-0.39, 0.29) is 11.8 Å². The van der Waals surface area contributed by atoms with Crippen LogP contribution in [-0.4, -0.2) is 173 Å². The van der Waals surface area contributed by atoms with Gasteiger partial charge in [0.25, 0.3) is 0 Å². The lowest BCUT2D eigenvalue weighted by Crippen LogP contribution is -2.34. The van der Waals surface area contributed by atoms with Crippen molar-refractivity contribution in [2.24, 2.45) is 5.92 Å². The van der Waals surface area contributed by atoms with Gasteiger partial charge in [-0.05, 0) is 38.5 Å². The van der Waals surface area contributed by atoms with Crippen LogP contribution in [0.4, 0.5) is 0 Å². The van der Waals surface area contributed by atoms with Crippen LogP contribution in [0, 0.1) is 5.92 Å². The van der Waals surface area contributed by atoms with E-state index in [9.17, 15) is 4.79 Å². The molecule has 2 aromatic heterocycles. The van der Waals surface area contributed by atoms with Gasteiger partial charge in [-0.2, -0.15) is 0 Å². The standard InChI is InChI=1S/C47H84N8O9/c56-47(44-16-8-3-4-9-17-44)48-18-24-57-30-31-58-25-19-53(21-27-60-33-37-64-39-35-62-29-23-55-41-46(50-52-55)43-14-10-5-11-15-43)20-26-59-32-36-63-38-34-61-28-22-54-40-45(49-51-54)42-12-6-1-2-7-13-42/h40-44H,1-39H2,(H,48,56). The maximum absolute atomic E-state index is 12.5. The fourth-order valence-electron chi connectivity index (χ4n) is 8.76. The quantitative estimate of drug-likeness (QED) is 0.0665. The molecule has 5 rings (SSSR count).